The molecular weight excluding hydrogens is 411 g/mol. The van der Waals surface area contributed by atoms with E-state index < -0.39 is 15.8 Å². The highest BCUT2D eigenvalue weighted by Crippen LogP contribution is 2.30. The van der Waals surface area contributed by atoms with Gasteiger partial charge in [0.25, 0.3) is 10.0 Å². The lowest BCUT2D eigenvalue weighted by Gasteiger charge is -2.24. The van der Waals surface area contributed by atoms with Gasteiger partial charge in [-0.05, 0) is 54.8 Å². The summed E-state index contributed by atoms with van der Waals surface area (Å²) >= 11 is 1.49. The van der Waals surface area contributed by atoms with Gasteiger partial charge >= 0.3 is 0 Å². The molecule has 0 unspecified atom stereocenters. The summed E-state index contributed by atoms with van der Waals surface area (Å²) in [6.07, 6.45) is 0. The first-order chi connectivity index (χ1) is 13.9. The Morgan fingerprint density at radius 3 is 2.41 bits per heavy atom. The van der Waals surface area contributed by atoms with E-state index in [9.17, 15) is 12.8 Å². The summed E-state index contributed by atoms with van der Waals surface area (Å²) in [6, 6.07) is 17.3. The summed E-state index contributed by atoms with van der Waals surface area (Å²) in [4.78, 5) is 5.39. The Bertz CT molecular complexity index is 1200. The fourth-order valence-electron chi connectivity index (χ4n) is 2.86. The number of nitrogens with zero attached hydrogens (tertiary/aromatic N) is 2. The Morgan fingerprint density at radius 2 is 1.76 bits per heavy atom. The first-order valence-corrected chi connectivity index (χ1v) is 11.1. The molecule has 0 saturated heterocycles. The summed E-state index contributed by atoms with van der Waals surface area (Å²) in [6.45, 7) is 1.75. The molecule has 0 N–H and O–H groups in total. The van der Waals surface area contributed by atoms with Crippen molar-refractivity contribution in [1.29, 1.82) is 0 Å². The zero-order valence-corrected chi connectivity index (χ0v) is 17.1. The maximum absolute atomic E-state index is 13.3. The molecule has 2 heterocycles. The predicted molar refractivity (Wildman–Crippen MR) is 111 cm³/mol. The van der Waals surface area contributed by atoms with Crippen LogP contribution in [0.25, 0.3) is 10.8 Å². The number of rotatable bonds is 6. The molecule has 4 aromatic rings. The van der Waals surface area contributed by atoms with Crippen LogP contribution in [0.15, 0.2) is 81.4 Å². The number of anilines is 1. The van der Waals surface area contributed by atoms with Crippen LogP contribution in [0, 0.1) is 12.7 Å². The largest absolute Gasteiger partial charge is 0.440 e. The van der Waals surface area contributed by atoms with Crippen molar-refractivity contribution in [2.75, 3.05) is 4.31 Å². The Labute approximate surface area is 172 Å². The van der Waals surface area contributed by atoms with E-state index in [0.717, 1.165) is 17.0 Å². The first kappa shape index (κ1) is 19.4. The number of para-hydroxylation sites is 1. The minimum atomic E-state index is -3.94. The van der Waals surface area contributed by atoms with Crippen molar-refractivity contribution in [1.82, 2.24) is 4.98 Å². The number of sulfonamides is 1. The molecule has 5 nitrogen and oxygen atoms in total. The lowest BCUT2D eigenvalue weighted by Crippen LogP contribution is -2.31. The monoisotopic (exact) mass is 428 g/mol. The standard InChI is InChI=1S/C21H17FN2O3S2/c1-15-19(23-21(27-15)20-8-5-13-28-20)14-24(17-6-3-2-4-7-17)29(25,26)18-11-9-16(22)10-12-18/h2-13H,14H2,1H3. The second-order valence-electron chi connectivity index (χ2n) is 6.30. The van der Waals surface area contributed by atoms with E-state index in [4.69, 9.17) is 4.42 Å². The second kappa shape index (κ2) is 7.81. The molecule has 0 aliphatic carbocycles. The molecule has 0 fully saturated rings. The van der Waals surface area contributed by atoms with E-state index in [1.807, 2.05) is 23.6 Å². The molecule has 29 heavy (non-hydrogen) atoms. The lowest BCUT2D eigenvalue weighted by atomic mass is 10.3. The quantitative estimate of drug-likeness (QED) is 0.421. The molecular formula is C21H17FN2O3S2. The van der Waals surface area contributed by atoms with Crippen LogP contribution in [0.4, 0.5) is 10.1 Å². The smallest absolute Gasteiger partial charge is 0.264 e. The summed E-state index contributed by atoms with van der Waals surface area (Å²) in [7, 11) is -3.94. The second-order valence-corrected chi connectivity index (χ2v) is 9.11. The van der Waals surface area contributed by atoms with Gasteiger partial charge in [0.15, 0.2) is 0 Å². The minimum absolute atomic E-state index is 0.00220. The Hall–Kier alpha value is -2.97. The summed E-state index contributed by atoms with van der Waals surface area (Å²) in [5, 5.41) is 1.92. The van der Waals surface area contributed by atoms with Crippen molar-refractivity contribution in [3.63, 3.8) is 0 Å². The van der Waals surface area contributed by atoms with E-state index in [1.54, 1.807) is 31.2 Å². The highest BCUT2D eigenvalue weighted by atomic mass is 32.2. The average Bonchev–Trinajstić information content (AvgIpc) is 3.37. The zero-order valence-electron chi connectivity index (χ0n) is 15.4. The van der Waals surface area contributed by atoms with Gasteiger partial charge in [0.05, 0.1) is 22.0 Å². The van der Waals surface area contributed by atoms with E-state index in [0.29, 0.717) is 23.0 Å². The van der Waals surface area contributed by atoms with Crippen molar-refractivity contribution >= 4 is 27.0 Å². The van der Waals surface area contributed by atoms with Crippen LogP contribution in [-0.2, 0) is 16.6 Å². The molecule has 2 aromatic carbocycles. The van der Waals surface area contributed by atoms with Crippen molar-refractivity contribution < 1.29 is 17.2 Å². The molecule has 0 aliphatic heterocycles. The van der Waals surface area contributed by atoms with Crippen LogP contribution in [0.3, 0.4) is 0 Å². The van der Waals surface area contributed by atoms with Gasteiger partial charge in [-0.1, -0.05) is 24.3 Å². The Morgan fingerprint density at radius 1 is 1.03 bits per heavy atom. The number of oxazole rings is 1. The molecule has 0 radical (unpaired) electrons. The zero-order chi connectivity index (χ0) is 20.4. The molecule has 148 valence electrons. The van der Waals surface area contributed by atoms with Crippen LogP contribution in [0.5, 0.6) is 0 Å². The number of aromatic nitrogens is 1. The van der Waals surface area contributed by atoms with Gasteiger partial charge in [-0.2, -0.15) is 0 Å². The maximum atomic E-state index is 13.3. The molecule has 0 atom stereocenters. The van der Waals surface area contributed by atoms with Gasteiger partial charge in [-0.3, -0.25) is 4.31 Å². The summed E-state index contributed by atoms with van der Waals surface area (Å²) in [5.74, 6) is 0.506. The van der Waals surface area contributed by atoms with Crippen molar-refractivity contribution in [3.8, 4) is 10.8 Å². The molecule has 0 bridgehead atoms. The minimum Gasteiger partial charge on any atom is -0.440 e. The molecule has 0 spiro atoms. The topological polar surface area (TPSA) is 63.4 Å². The van der Waals surface area contributed by atoms with E-state index in [2.05, 4.69) is 4.98 Å². The van der Waals surface area contributed by atoms with E-state index in [1.165, 1.54) is 27.8 Å². The number of thiophene rings is 1. The third-order valence-corrected chi connectivity index (χ3v) is 7.01. The van der Waals surface area contributed by atoms with Crippen LogP contribution in [0.2, 0.25) is 0 Å². The number of hydrogen-bond donors (Lipinski definition) is 0. The van der Waals surface area contributed by atoms with Gasteiger partial charge < -0.3 is 4.42 Å². The van der Waals surface area contributed by atoms with Crippen molar-refractivity contribution in [2.45, 2.75) is 18.4 Å². The number of aryl methyl sites for hydroxylation is 1. The molecule has 0 aliphatic rings. The van der Waals surface area contributed by atoms with Gasteiger partial charge in [-0.15, -0.1) is 11.3 Å². The van der Waals surface area contributed by atoms with Gasteiger partial charge in [-0.25, -0.2) is 17.8 Å². The summed E-state index contributed by atoms with van der Waals surface area (Å²) in [5.41, 5.74) is 1.000. The van der Waals surface area contributed by atoms with E-state index >= 15 is 0 Å². The van der Waals surface area contributed by atoms with Gasteiger partial charge in [0.1, 0.15) is 17.3 Å². The Balaban J connectivity index is 1.76. The number of hydrogen-bond acceptors (Lipinski definition) is 5. The lowest BCUT2D eigenvalue weighted by molar-refractivity contribution is 0.540. The number of halogens is 1. The van der Waals surface area contributed by atoms with Crippen molar-refractivity contribution in [3.05, 3.63) is 89.4 Å². The molecule has 8 heteroatoms. The third-order valence-electron chi connectivity index (χ3n) is 4.36. The molecule has 2 aromatic heterocycles. The van der Waals surface area contributed by atoms with Gasteiger partial charge in [0, 0.05) is 0 Å². The fourth-order valence-corrected chi connectivity index (χ4v) is 4.93. The van der Waals surface area contributed by atoms with Crippen LogP contribution < -0.4 is 4.31 Å². The highest BCUT2D eigenvalue weighted by Gasteiger charge is 2.27. The number of benzene rings is 2. The van der Waals surface area contributed by atoms with Crippen LogP contribution >= 0.6 is 11.3 Å². The normalized spacial score (nSPS) is 11.5. The molecule has 0 amide bonds. The average molecular weight is 429 g/mol. The third kappa shape index (κ3) is 3.94. The summed E-state index contributed by atoms with van der Waals surface area (Å²) < 4.78 is 47.0. The van der Waals surface area contributed by atoms with Gasteiger partial charge in [0.2, 0.25) is 5.89 Å². The van der Waals surface area contributed by atoms with Crippen LogP contribution in [-0.4, -0.2) is 13.4 Å². The molecule has 4 rings (SSSR count). The maximum Gasteiger partial charge on any atom is 0.264 e. The fraction of sp³-hybridized carbons (Fsp3) is 0.0952. The van der Waals surface area contributed by atoms with Crippen LogP contribution in [0.1, 0.15) is 11.5 Å². The molecule has 0 saturated carbocycles. The highest BCUT2D eigenvalue weighted by molar-refractivity contribution is 7.92. The van der Waals surface area contributed by atoms with Crippen molar-refractivity contribution in [2.24, 2.45) is 0 Å². The predicted octanol–water partition coefficient (Wildman–Crippen LogP) is 5.25. The Kier molecular flexibility index (Phi) is 5.21. The SMILES string of the molecule is Cc1oc(-c2cccs2)nc1CN(c1ccccc1)S(=O)(=O)c1ccc(F)cc1. The van der Waals surface area contributed by atoms with E-state index in [-0.39, 0.29) is 11.4 Å². The first-order valence-electron chi connectivity index (χ1n) is 8.79.